The molecule has 0 aromatic heterocycles. The standard InChI is InChI=1S/C27H28ClN3O3/c1-2-34-27(33)22-11-12-25(24(18-22)29-26(32)21-9-6-10-23(28)17-21)31-15-13-30(14-16-31)19-20-7-4-3-5-8-20/h3-12,17-18H,2,13-16,19H2,1H3,(H,29,32). The van der Waals surface area contributed by atoms with Crippen molar-refractivity contribution in [1.82, 2.24) is 4.90 Å². The quantitative estimate of drug-likeness (QED) is 0.480. The van der Waals surface area contributed by atoms with E-state index in [1.807, 2.05) is 12.1 Å². The summed E-state index contributed by atoms with van der Waals surface area (Å²) in [6.45, 7) is 6.38. The summed E-state index contributed by atoms with van der Waals surface area (Å²) in [5, 5.41) is 3.47. The van der Waals surface area contributed by atoms with Gasteiger partial charge in [0.2, 0.25) is 0 Å². The summed E-state index contributed by atoms with van der Waals surface area (Å²) < 4.78 is 5.15. The normalized spacial score (nSPS) is 14.0. The molecule has 6 nitrogen and oxygen atoms in total. The molecule has 3 aromatic rings. The zero-order chi connectivity index (χ0) is 23.9. The van der Waals surface area contributed by atoms with E-state index in [9.17, 15) is 9.59 Å². The number of hydrogen-bond acceptors (Lipinski definition) is 5. The smallest absolute Gasteiger partial charge is 0.338 e. The van der Waals surface area contributed by atoms with Gasteiger partial charge in [-0.3, -0.25) is 9.69 Å². The highest BCUT2D eigenvalue weighted by Gasteiger charge is 2.22. The first-order valence-corrected chi connectivity index (χ1v) is 11.8. The van der Waals surface area contributed by atoms with Gasteiger partial charge in [-0.1, -0.05) is 48.0 Å². The molecule has 0 bridgehead atoms. The fourth-order valence-corrected chi connectivity index (χ4v) is 4.26. The van der Waals surface area contributed by atoms with Crippen LogP contribution < -0.4 is 10.2 Å². The van der Waals surface area contributed by atoms with Crippen molar-refractivity contribution in [3.63, 3.8) is 0 Å². The molecular weight excluding hydrogens is 450 g/mol. The maximum Gasteiger partial charge on any atom is 0.338 e. The summed E-state index contributed by atoms with van der Waals surface area (Å²) in [5.74, 6) is -0.701. The van der Waals surface area contributed by atoms with E-state index in [2.05, 4.69) is 39.4 Å². The Bertz CT molecular complexity index is 1140. The van der Waals surface area contributed by atoms with Gasteiger partial charge in [0.25, 0.3) is 5.91 Å². The number of nitrogens with one attached hydrogen (secondary N) is 1. The van der Waals surface area contributed by atoms with Crippen LogP contribution in [0, 0.1) is 0 Å². The summed E-state index contributed by atoms with van der Waals surface area (Å²) in [4.78, 5) is 29.9. The van der Waals surface area contributed by atoms with Crippen molar-refractivity contribution >= 4 is 34.9 Å². The zero-order valence-electron chi connectivity index (χ0n) is 19.2. The fourth-order valence-electron chi connectivity index (χ4n) is 4.07. The van der Waals surface area contributed by atoms with E-state index in [0.29, 0.717) is 21.8 Å². The third-order valence-electron chi connectivity index (χ3n) is 5.80. The second kappa shape index (κ2) is 11.2. The number of carbonyl (C=O) groups excluding carboxylic acids is 2. The molecule has 0 radical (unpaired) electrons. The minimum Gasteiger partial charge on any atom is -0.462 e. The van der Waals surface area contributed by atoms with Crippen LogP contribution in [-0.4, -0.2) is 49.6 Å². The Labute approximate surface area is 205 Å². The highest BCUT2D eigenvalue weighted by Crippen LogP contribution is 2.30. The van der Waals surface area contributed by atoms with Crippen molar-refractivity contribution in [1.29, 1.82) is 0 Å². The Morgan fingerprint density at radius 3 is 2.38 bits per heavy atom. The topological polar surface area (TPSA) is 61.9 Å². The van der Waals surface area contributed by atoms with Gasteiger partial charge in [0.15, 0.2) is 0 Å². The summed E-state index contributed by atoms with van der Waals surface area (Å²) in [6, 6.07) is 22.5. The van der Waals surface area contributed by atoms with Crippen molar-refractivity contribution in [2.45, 2.75) is 13.5 Å². The van der Waals surface area contributed by atoms with Gasteiger partial charge in [0.1, 0.15) is 0 Å². The number of piperazine rings is 1. The molecule has 3 aromatic carbocycles. The third-order valence-corrected chi connectivity index (χ3v) is 6.04. The van der Waals surface area contributed by atoms with Crippen LogP contribution in [-0.2, 0) is 11.3 Å². The van der Waals surface area contributed by atoms with Crippen LogP contribution in [0.15, 0.2) is 72.8 Å². The SMILES string of the molecule is CCOC(=O)c1ccc(N2CCN(Cc3ccccc3)CC2)c(NC(=O)c2cccc(Cl)c2)c1. The summed E-state index contributed by atoms with van der Waals surface area (Å²) in [6.07, 6.45) is 0. The van der Waals surface area contributed by atoms with Gasteiger partial charge in [-0.15, -0.1) is 0 Å². The molecule has 1 aliphatic heterocycles. The minimum atomic E-state index is -0.417. The Morgan fingerprint density at radius 1 is 0.912 bits per heavy atom. The maximum atomic E-state index is 13.0. The van der Waals surface area contributed by atoms with E-state index in [4.69, 9.17) is 16.3 Å². The summed E-state index contributed by atoms with van der Waals surface area (Å²) in [5.41, 5.74) is 3.60. The number of esters is 1. The van der Waals surface area contributed by atoms with Gasteiger partial charge in [-0.05, 0) is 48.9 Å². The molecule has 34 heavy (non-hydrogen) atoms. The van der Waals surface area contributed by atoms with Gasteiger partial charge in [0, 0.05) is 43.3 Å². The molecule has 1 fully saturated rings. The summed E-state index contributed by atoms with van der Waals surface area (Å²) in [7, 11) is 0. The molecular formula is C27H28ClN3O3. The van der Waals surface area contributed by atoms with E-state index < -0.39 is 5.97 Å². The largest absolute Gasteiger partial charge is 0.462 e. The lowest BCUT2D eigenvalue weighted by Crippen LogP contribution is -2.46. The number of rotatable bonds is 7. The number of halogens is 1. The van der Waals surface area contributed by atoms with Crippen LogP contribution >= 0.6 is 11.6 Å². The molecule has 0 spiro atoms. The van der Waals surface area contributed by atoms with Crippen LogP contribution in [0.5, 0.6) is 0 Å². The zero-order valence-corrected chi connectivity index (χ0v) is 19.9. The lowest BCUT2D eigenvalue weighted by molar-refractivity contribution is 0.0526. The Kier molecular flexibility index (Phi) is 7.83. The van der Waals surface area contributed by atoms with Crippen LogP contribution in [0.4, 0.5) is 11.4 Å². The van der Waals surface area contributed by atoms with Crippen molar-refractivity contribution in [3.8, 4) is 0 Å². The fraction of sp³-hybridized carbons (Fsp3) is 0.259. The average Bonchev–Trinajstić information content (AvgIpc) is 2.85. The minimum absolute atomic E-state index is 0.285. The molecule has 1 aliphatic rings. The molecule has 0 unspecified atom stereocenters. The van der Waals surface area contributed by atoms with Crippen molar-refractivity contribution in [2.75, 3.05) is 43.0 Å². The Balaban J connectivity index is 1.52. The van der Waals surface area contributed by atoms with Crippen LogP contribution in [0.3, 0.4) is 0 Å². The van der Waals surface area contributed by atoms with E-state index in [-0.39, 0.29) is 12.5 Å². The molecule has 176 valence electrons. The Morgan fingerprint density at radius 2 is 1.68 bits per heavy atom. The molecule has 1 amide bonds. The van der Waals surface area contributed by atoms with Gasteiger partial charge in [-0.2, -0.15) is 0 Å². The van der Waals surface area contributed by atoms with Gasteiger partial charge in [0.05, 0.1) is 23.5 Å². The lowest BCUT2D eigenvalue weighted by atomic mass is 10.1. The van der Waals surface area contributed by atoms with E-state index in [1.165, 1.54) is 5.56 Å². The Hall–Kier alpha value is -3.35. The van der Waals surface area contributed by atoms with Crippen LogP contribution in [0.25, 0.3) is 0 Å². The van der Waals surface area contributed by atoms with Crippen LogP contribution in [0.2, 0.25) is 5.02 Å². The monoisotopic (exact) mass is 477 g/mol. The summed E-state index contributed by atoms with van der Waals surface area (Å²) >= 11 is 6.06. The highest BCUT2D eigenvalue weighted by atomic mass is 35.5. The van der Waals surface area contributed by atoms with Gasteiger partial charge < -0.3 is 15.0 Å². The van der Waals surface area contributed by atoms with E-state index >= 15 is 0 Å². The number of ether oxygens (including phenoxy) is 1. The second-order valence-corrected chi connectivity index (χ2v) is 8.60. The molecule has 4 rings (SSSR count). The second-order valence-electron chi connectivity index (χ2n) is 8.17. The van der Waals surface area contributed by atoms with Crippen molar-refractivity contribution in [3.05, 3.63) is 94.5 Å². The van der Waals surface area contributed by atoms with Gasteiger partial charge >= 0.3 is 5.97 Å². The third kappa shape index (κ3) is 5.95. The molecule has 0 saturated carbocycles. The molecule has 1 saturated heterocycles. The molecule has 0 aliphatic carbocycles. The van der Waals surface area contributed by atoms with Gasteiger partial charge in [-0.25, -0.2) is 4.79 Å². The molecule has 1 N–H and O–H groups in total. The van der Waals surface area contributed by atoms with Crippen molar-refractivity contribution < 1.29 is 14.3 Å². The van der Waals surface area contributed by atoms with Crippen LogP contribution in [0.1, 0.15) is 33.2 Å². The first-order chi connectivity index (χ1) is 16.5. The van der Waals surface area contributed by atoms with E-state index in [1.54, 1.807) is 43.3 Å². The maximum absolute atomic E-state index is 13.0. The average molecular weight is 478 g/mol. The lowest BCUT2D eigenvalue weighted by Gasteiger charge is -2.37. The van der Waals surface area contributed by atoms with Crippen molar-refractivity contribution in [2.24, 2.45) is 0 Å². The number of carbonyl (C=O) groups is 2. The number of amides is 1. The predicted octanol–water partition coefficient (Wildman–Crippen LogP) is 5.09. The first kappa shape index (κ1) is 23.8. The predicted molar refractivity (Wildman–Crippen MR) is 136 cm³/mol. The number of nitrogens with zero attached hydrogens (tertiary/aromatic N) is 2. The number of anilines is 2. The van der Waals surface area contributed by atoms with E-state index in [0.717, 1.165) is 38.4 Å². The molecule has 7 heteroatoms. The molecule has 1 heterocycles. The number of hydrogen-bond donors (Lipinski definition) is 1. The first-order valence-electron chi connectivity index (χ1n) is 11.4. The molecule has 0 atom stereocenters. The highest BCUT2D eigenvalue weighted by molar-refractivity contribution is 6.31. The number of benzene rings is 3.